The molecule has 0 unspecified atom stereocenters. The van der Waals surface area contributed by atoms with Gasteiger partial charge in [0.15, 0.2) is 0 Å². The Kier molecular flexibility index (Phi) is 4.90. The van der Waals surface area contributed by atoms with Gasteiger partial charge >= 0.3 is 0 Å². The number of rotatable bonds is 5. The molecule has 0 aliphatic heterocycles. The molecule has 2 aromatic carbocycles. The van der Waals surface area contributed by atoms with Gasteiger partial charge in [0.1, 0.15) is 5.75 Å². The van der Waals surface area contributed by atoms with Gasteiger partial charge in [0, 0.05) is 41.6 Å². The fourth-order valence-corrected chi connectivity index (χ4v) is 2.30. The summed E-state index contributed by atoms with van der Waals surface area (Å²) in [5.74, 6) is 0.810. The van der Waals surface area contributed by atoms with Crippen molar-refractivity contribution < 1.29 is 4.74 Å². The summed E-state index contributed by atoms with van der Waals surface area (Å²) in [4.78, 5) is 2.15. The van der Waals surface area contributed by atoms with Crippen molar-refractivity contribution in [1.29, 1.82) is 0 Å². The first kappa shape index (κ1) is 14.7. The van der Waals surface area contributed by atoms with E-state index in [9.17, 15) is 0 Å². The predicted molar refractivity (Wildman–Crippen MR) is 88.3 cm³/mol. The lowest BCUT2D eigenvalue weighted by Crippen LogP contribution is -2.16. The Hall–Kier alpha value is -1.68. The Labute approximate surface area is 128 Å². The summed E-state index contributed by atoms with van der Waals surface area (Å²) in [6.45, 7) is 3.43. The van der Waals surface area contributed by atoms with Gasteiger partial charge in [0.05, 0.1) is 6.61 Å². The normalized spacial score (nSPS) is 10.3. The molecular formula is C16H19BrN2O. The van der Waals surface area contributed by atoms with Crippen LogP contribution in [0, 0.1) is 0 Å². The van der Waals surface area contributed by atoms with Crippen molar-refractivity contribution in [3.8, 4) is 5.75 Å². The first-order valence-corrected chi connectivity index (χ1v) is 7.36. The lowest BCUT2D eigenvalue weighted by molar-refractivity contribution is 0.340. The van der Waals surface area contributed by atoms with Crippen molar-refractivity contribution in [3.05, 3.63) is 52.5 Å². The van der Waals surface area contributed by atoms with Crippen LogP contribution in [-0.2, 0) is 6.54 Å². The van der Waals surface area contributed by atoms with Crippen LogP contribution in [0.4, 0.5) is 11.4 Å². The number of halogens is 1. The Bertz CT molecular complexity index is 569. The molecule has 20 heavy (non-hydrogen) atoms. The Morgan fingerprint density at radius 3 is 2.50 bits per heavy atom. The lowest BCUT2D eigenvalue weighted by Gasteiger charge is -2.21. The first-order valence-electron chi connectivity index (χ1n) is 6.57. The quantitative estimate of drug-likeness (QED) is 0.837. The molecule has 0 amide bonds. The van der Waals surface area contributed by atoms with Crippen LogP contribution in [-0.4, -0.2) is 13.7 Å². The second-order valence-corrected chi connectivity index (χ2v) is 5.59. The lowest BCUT2D eigenvalue weighted by atomic mass is 10.2. The summed E-state index contributed by atoms with van der Waals surface area (Å²) >= 11 is 3.45. The molecule has 0 aromatic heterocycles. The second kappa shape index (κ2) is 6.66. The molecule has 2 N–H and O–H groups in total. The van der Waals surface area contributed by atoms with Crippen LogP contribution >= 0.6 is 15.9 Å². The van der Waals surface area contributed by atoms with Crippen molar-refractivity contribution in [2.75, 3.05) is 24.3 Å². The predicted octanol–water partition coefficient (Wildman–Crippen LogP) is 4.07. The van der Waals surface area contributed by atoms with Crippen LogP contribution in [0.5, 0.6) is 5.75 Å². The topological polar surface area (TPSA) is 38.5 Å². The maximum Gasteiger partial charge on any atom is 0.123 e. The van der Waals surface area contributed by atoms with Crippen molar-refractivity contribution in [2.45, 2.75) is 13.5 Å². The number of anilines is 2. The number of hydrogen-bond donors (Lipinski definition) is 1. The zero-order chi connectivity index (χ0) is 14.5. The van der Waals surface area contributed by atoms with Crippen molar-refractivity contribution in [2.24, 2.45) is 0 Å². The molecular weight excluding hydrogens is 316 g/mol. The Morgan fingerprint density at radius 1 is 1.15 bits per heavy atom. The largest absolute Gasteiger partial charge is 0.494 e. The van der Waals surface area contributed by atoms with E-state index in [1.807, 2.05) is 44.3 Å². The molecule has 0 spiro atoms. The highest BCUT2D eigenvalue weighted by Crippen LogP contribution is 2.26. The third-order valence-electron chi connectivity index (χ3n) is 3.00. The van der Waals surface area contributed by atoms with Gasteiger partial charge in [-0.1, -0.05) is 28.1 Å². The average Bonchev–Trinajstić information content (AvgIpc) is 2.41. The average molecular weight is 335 g/mol. The van der Waals surface area contributed by atoms with Gasteiger partial charge in [0.2, 0.25) is 0 Å². The van der Waals surface area contributed by atoms with E-state index in [2.05, 4.69) is 33.0 Å². The molecule has 0 atom stereocenters. The molecule has 2 rings (SSSR count). The number of hydrogen-bond acceptors (Lipinski definition) is 3. The standard InChI is InChI=1S/C16H19BrN2O/c1-3-20-16-9-14(18)8-15(10-16)19(2)11-12-4-6-13(17)7-5-12/h4-10H,3,11,18H2,1-2H3. The number of ether oxygens (including phenoxy) is 1. The van der Waals surface area contributed by atoms with Crippen LogP contribution in [0.15, 0.2) is 46.9 Å². The van der Waals surface area contributed by atoms with Crippen LogP contribution in [0.1, 0.15) is 12.5 Å². The molecule has 0 heterocycles. The van der Waals surface area contributed by atoms with Crippen molar-refractivity contribution in [1.82, 2.24) is 0 Å². The zero-order valence-corrected chi connectivity index (χ0v) is 13.4. The molecule has 0 saturated carbocycles. The molecule has 106 valence electrons. The van der Waals surface area contributed by atoms with E-state index in [4.69, 9.17) is 10.5 Å². The minimum Gasteiger partial charge on any atom is -0.494 e. The van der Waals surface area contributed by atoms with Crippen molar-refractivity contribution in [3.63, 3.8) is 0 Å². The van der Waals surface area contributed by atoms with Crippen molar-refractivity contribution >= 4 is 27.3 Å². The van der Waals surface area contributed by atoms with Crippen LogP contribution in [0.3, 0.4) is 0 Å². The number of benzene rings is 2. The SMILES string of the molecule is CCOc1cc(N)cc(N(C)Cc2ccc(Br)cc2)c1. The minimum atomic E-state index is 0.638. The maximum absolute atomic E-state index is 5.93. The van der Waals surface area contributed by atoms with Crippen LogP contribution < -0.4 is 15.4 Å². The number of nitrogens with zero attached hydrogens (tertiary/aromatic N) is 1. The van der Waals surface area contributed by atoms with E-state index in [1.165, 1.54) is 5.56 Å². The first-order chi connectivity index (χ1) is 9.58. The maximum atomic E-state index is 5.93. The van der Waals surface area contributed by atoms with Gasteiger partial charge in [-0.05, 0) is 30.7 Å². The van der Waals surface area contributed by atoms with Gasteiger partial charge < -0.3 is 15.4 Å². The summed E-state index contributed by atoms with van der Waals surface area (Å²) in [6.07, 6.45) is 0. The van der Waals surface area contributed by atoms with Gasteiger partial charge in [-0.3, -0.25) is 0 Å². The van der Waals surface area contributed by atoms with E-state index >= 15 is 0 Å². The third kappa shape index (κ3) is 3.90. The van der Waals surface area contributed by atoms with Crippen LogP contribution in [0.25, 0.3) is 0 Å². The van der Waals surface area contributed by atoms with Gasteiger partial charge in [-0.25, -0.2) is 0 Å². The van der Waals surface area contributed by atoms with E-state index < -0.39 is 0 Å². The molecule has 0 radical (unpaired) electrons. The van der Waals surface area contributed by atoms with E-state index in [0.29, 0.717) is 12.3 Å². The number of nitrogen functional groups attached to an aromatic ring is 1. The van der Waals surface area contributed by atoms with Crippen LogP contribution in [0.2, 0.25) is 0 Å². The van der Waals surface area contributed by atoms with Gasteiger partial charge in [-0.15, -0.1) is 0 Å². The van der Waals surface area contributed by atoms with Gasteiger partial charge in [-0.2, -0.15) is 0 Å². The van der Waals surface area contributed by atoms with E-state index in [1.54, 1.807) is 0 Å². The highest BCUT2D eigenvalue weighted by Gasteiger charge is 2.06. The highest BCUT2D eigenvalue weighted by atomic mass is 79.9. The second-order valence-electron chi connectivity index (χ2n) is 4.68. The molecule has 0 aliphatic carbocycles. The fraction of sp³-hybridized carbons (Fsp3) is 0.250. The molecule has 0 aliphatic rings. The number of nitrogens with two attached hydrogens (primary N) is 1. The molecule has 0 fully saturated rings. The summed E-state index contributed by atoms with van der Waals surface area (Å²) in [6, 6.07) is 14.1. The Balaban J connectivity index is 2.15. The highest BCUT2D eigenvalue weighted by molar-refractivity contribution is 9.10. The molecule has 0 saturated heterocycles. The Morgan fingerprint density at radius 2 is 1.85 bits per heavy atom. The van der Waals surface area contributed by atoms with E-state index in [-0.39, 0.29) is 0 Å². The third-order valence-corrected chi connectivity index (χ3v) is 3.53. The minimum absolute atomic E-state index is 0.638. The fourth-order valence-electron chi connectivity index (χ4n) is 2.03. The zero-order valence-electron chi connectivity index (χ0n) is 11.8. The van der Waals surface area contributed by atoms with E-state index in [0.717, 1.165) is 22.5 Å². The smallest absolute Gasteiger partial charge is 0.123 e. The summed E-state index contributed by atoms with van der Waals surface area (Å²) in [5.41, 5.74) is 8.94. The molecule has 2 aromatic rings. The summed E-state index contributed by atoms with van der Waals surface area (Å²) < 4.78 is 6.62. The van der Waals surface area contributed by atoms with Gasteiger partial charge in [0.25, 0.3) is 0 Å². The summed E-state index contributed by atoms with van der Waals surface area (Å²) in [5, 5.41) is 0. The summed E-state index contributed by atoms with van der Waals surface area (Å²) in [7, 11) is 2.05. The molecule has 4 heteroatoms. The monoisotopic (exact) mass is 334 g/mol. The molecule has 3 nitrogen and oxygen atoms in total. The molecule has 0 bridgehead atoms.